The van der Waals surface area contributed by atoms with Crippen molar-refractivity contribution in [3.8, 4) is 5.75 Å². The minimum atomic E-state index is -0.0366. The summed E-state index contributed by atoms with van der Waals surface area (Å²) in [7, 11) is 0. The highest BCUT2D eigenvalue weighted by Crippen LogP contribution is 2.18. The fourth-order valence-electron chi connectivity index (χ4n) is 2.10. The molecule has 0 atom stereocenters. The van der Waals surface area contributed by atoms with Gasteiger partial charge in [-0.05, 0) is 36.1 Å². The van der Waals surface area contributed by atoms with E-state index in [-0.39, 0.29) is 5.56 Å². The Morgan fingerprint density at radius 3 is 2.52 bits per heavy atom. The van der Waals surface area contributed by atoms with E-state index in [1.165, 1.54) is 11.6 Å². The highest BCUT2D eigenvalue weighted by molar-refractivity contribution is 5.33. The third-order valence-corrected chi connectivity index (χ3v) is 3.37. The fourth-order valence-corrected chi connectivity index (χ4v) is 2.10. The quantitative estimate of drug-likeness (QED) is 0.830. The molecule has 2 aromatic rings. The topological polar surface area (TPSA) is 57.2 Å². The highest BCUT2D eigenvalue weighted by atomic mass is 16.5. The first kappa shape index (κ1) is 15.2. The molecular weight excluding hydrogens is 264 g/mol. The van der Waals surface area contributed by atoms with E-state index >= 15 is 0 Å². The minimum absolute atomic E-state index is 0.0366. The monoisotopic (exact) mass is 286 g/mol. The van der Waals surface area contributed by atoms with Crippen LogP contribution in [0.1, 0.15) is 31.7 Å². The number of benzene rings is 1. The number of ether oxygens (including phenoxy) is 1. The SMILES string of the molecule is CC(C)c1ccc(OCCCn2cc(N)ccc2=O)cc1. The lowest BCUT2D eigenvalue weighted by Gasteiger charge is -2.10. The third-order valence-electron chi connectivity index (χ3n) is 3.37. The molecule has 2 rings (SSSR count). The molecule has 0 spiro atoms. The maximum atomic E-state index is 11.6. The molecule has 0 aliphatic rings. The van der Waals surface area contributed by atoms with Crippen molar-refractivity contribution in [2.24, 2.45) is 0 Å². The van der Waals surface area contributed by atoms with Crippen LogP contribution in [0.2, 0.25) is 0 Å². The molecule has 21 heavy (non-hydrogen) atoms. The van der Waals surface area contributed by atoms with E-state index in [4.69, 9.17) is 10.5 Å². The summed E-state index contributed by atoms with van der Waals surface area (Å²) in [6.07, 6.45) is 2.43. The van der Waals surface area contributed by atoms with E-state index in [1.54, 1.807) is 16.8 Å². The van der Waals surface area contributed by atoms with Crippen LogP contribution in [0.5, 0.6) is 5.75 Å². The summed E-state index contributed by atoms with van der Waals surface area (Å²) in [5.41, 5.74) is 7.53. The molecule has 0 fully saturated rings. The molecule has 1 aromatic carbocycles. The van der Waals surface area contributed by atoms with Gasteiger partial charge < -0.3 is 15.0 Å². The van der Waals surface area contributed by atoms with Gasteiger partial charge in [-0.2, -0.15) is 0 Å². The van der Waals surface area contributed by atoms with Gasteiger partial charge in [-0.1, -0.05) is 26.0 Å². The standard InChI is InChI=1S/C17H22N2O2/c1-13(2)14-4-7-16(8-5-14)21-11-3-10-19-12-15(18)6-9-17(19)20/h4-9,12-13H,3,10-11,18H2,1-2H3. The smallest absolute Gasteiger partial charge is 0.250 e. The van der Waals surface area contributed by atoms with Crippen LogP contribution in [0, 0.1) is 0 Å². The van der Waals surface area contributed by atoms with Gasteiger partial charge >= 0.3 is 0 Å². The molecule has 0 radical (unpaired) electrons. The summed E-state index contributed by atoms with van der Waals surface area (Å²) in [5, 5.41) is 0. The number of aryl methyl sites for hydroxylation is 1. The molecule has 0 saturated carbocycles. The predicted octanol–water partition coefficient (Wildman–Crippen LogP) is 3.02. The zero-order valence-corrected chi connectivity index (χ0v) is 12.6. The first-order valence-corrected chi connectivity index (χ1v) is 7.25. The highest BCUT2D eigenvalue weighted by Gasteiger charge is 2.00. The first-order valence-electron chi connectivity index (χ1n) is 7.25. The van der Waals surface area contributed by atoms with E-state index in [1.807, 2.05) is 12.1 Å². The number of pyridine rings is 1. The number of nitrogen functional groups attached to an aromatic ring is 1. The summed E-state index contributed by atoms with van der Waals surface area (Å²) in [4.78, 5) is 11.6. The van der Waals surface area contributed by atoms with Gasteiger partial charge in [0, 0.05) is 24.5 Å². The Morgan fingerprint density at radius 1 is 1.14 bits per heavy atom. The summed E-state index contributed by atoms with van der Waals surface area (Å²) >= 11 is 0. The van der Waals surface area contributed by atoms with Gasteiger partial charge in [0.25, 0.3) is 5.56 Å². The second-order valence-electron chi connectivity index (χ2n) is 5.42. The Kier molecular flexibility index (Phi) is 5.04. The molecule has 0 aliphatic heterocycles. The average molecular weight is 286 g/mol. The molecule has 0 aliphatic carbocycles. The Morgan fingerprint density at radius 2 is 1.86 bits per heavy atom. The van der Waals surface area contributed by atoms with Gasteiger partial charge in [0.1, 0.15) is 5.75 Å². The lowest BCUT2D eigenvalue weighted by Crippen LogP contribution is -2.20. The molecule has 0 unspecified atom stereocenters. The molecule has 1 heterocycles. The molecule has 4 heteroatoms. The number of hydrogen-bond donors (Lipinski definition) is 1. The van der Waals surface area contributed by atoms with Crippen molar-refractivity contribution < 1.29 is 4.74 Å². The second kappa shape index (κ2) is 6.97. The Bertz CT molecular complexity index is 630. The van der Waals surface area contributed by atoms with E-state index in [2.05, 4.69) is 26.0 Å². The van der Waals surface area contributed by atoms with Crippen molar-refractivity contribution in [3.63, 3.8) is 0 Å². The van der Waals surface area contributed by atoms with Crippen LogP contribution in [-0.2, 0) is 6.54 Å². The largest absolute Gasteiger partial charge is 0.494 e. The molecule has 112 valence electrons. The van der Waals surface area contributed by atoms with Crippen molar-refractivity contribution in [3.05, 3.63) is 58.5 Å². The van der Waals surface area contributed by atoms with Crippen LogP contribution in [-0.4, -0.2) is 11.2 Å². The van der Waals surface area contributed by atoms with Crippen molar-refractivity contribution in [1.29, 1.82) is 0 Å². The van der Waals surface area contributed by atoms with Crippen LogP contribution >= 0.6 is 0 Å². The van der Waals surface area contributed by atoms with Crippen LogP contribution < -0.4 is 16.0 Å². The number of hydrogen-bond acceptors (Lipinski definition) is 3. The van der Waals surface area contributed by atoms with Gasteiger partial charge in [-0.3, -0.25) is 4.79 Å². The van der Waals surface area contributed by atoms with E-state index in [9.17, 15) is 4.79 Å². The number of nitrogens with two attached hydrogens (primary N) is 1. The van der Waals surface area contributed by atoms with Gasteiger partial charge in [-0.25, -0.2) is 0 Å². The maximum Gasteiger partial charge on any atom is 0.250 e. The van der Waals surface area contributed by atoms with Crippen molar-refractivity contribution in [2.75, 3.05) is 12.3 Å². The molecule has 0 saturated heterocycles. The zero-order chi connectivity index (χ0) is 15.2. The summed E-state index contributed by atoms with van der Waals surface area (Å²) in [5.74, 6) is 1.38. The van der Waals surface area contributed by atoms with Crippen LogP contribution in [0.3, 0.4) is 0 Å². The number of aromatic nitrogens is 1. The predicted molar refractivity (Wildman–Crippen MR) is 85.8 cm³/mol. The first-order chi connectivity index (χ1) is 10.1. The van der Waals surface area contributed by atoms with Crippen LogP contribution in [0.4, 0.5) is 5.69 Å². The number of anilines is 1. The lowest BCUT2D eigenvalue weighted by atomic mass is 10.0. The summed E-state index contributed by atoms with van der Waals surface area (Å²) in [6.45, 7) is 5.51. The molecular formula is C17H22N2O2. The average Bonchev–Trinajstić information content (AvgIpc) is 2.47. The molecule has 1 aromatic heterocycles. The van der Waals surface area contributed by atoms with Crippen molar-refractivity contribution in [1.82, 2.24) is 4.57 Å². The Balaban J connectivity index is 1.82. The van der Waals surface area contributed by atoms with Gasteiger partial charge in [0.15, 0.2) is 0 Å². The van der Waals surface area contributed by atoms with Crippen molar-refractivity contribution in [2.45, 2.75) is 32.7 Å². The fraction of sp³-hybridized carbons (Fsp3) is 0.353. The van der Waals surface area contributed by atoms with Crippen LogP contribution in [0.25, 0.3) is 0 Å². The van der Waals surface area contributed by atoms with E-state index in [0.717, 1.165) is 12.2 Å². The lowest BCUT2D eigenvalue weighted by molar-refractivity contribution is 0.301. The molecule has 0 bridgehead atoms. The van der Waals surface area contributed by atoms with Crippen LogP contribution in [0.15, 0.2) is 47.4 Å². The normalized spacial score (nSPS) is 10.8. The minimum Gasteiger partial charge on any atom is -0.494 e. The number of nitrogens with zero attached hydrogens (tertiary/aromatic N) is 1. The van der Waals surface area contributed by atoms with E-state index < -0.39 is 0 Å². The maximum absolute atomic E-state index is 11.6. The van der Waals surface area contributed by atoms with E-state index in [0.29, 0.717) is 24.8 Å². The van der Waals surface area contributed by atoms with Gasteiger partial charge in [-0.15, -0.1) is 0 Å². The summed E-state index contributed by atoms with van der Waals surface area (Å²) in [6, 6.07) is 11.3. The summed E-state index contributed by atoms with van der Waals surface area (Å²) < 4.78 is 7.30. The second-order valence-corrected chi connectivity index (χ2v) is 5.42. The molecule has 2 N–H and O–H groups in total. The number of rotatable bonds is 6. The Hall–Kier alpha value is -2.23. The molecule has 0 amide bonds. The zero-order valence-electron chi connectivity index (χ0n) is 12.6. The Labute approximate surface area is 125 Å². The van der Waals surface area contributed by atoms with Gasteiger partial charge in [0.05, 0.1) is 6.61 Å². The third kappa shape index (κ3) is 4.38. The van der Waals surface area contributed by atoms with Crippen molar-refractivity contribution >= 4 is 5.69 Å². The van der Waals surface area contributed by atoms with Gasteiger partial charge in [0.2, 0.25) is 0 Å². The molecule has 4 nitrogen and oxygen atoms in total.